The Morgan fingerprint density at radius 3 is 2.61 bits per heavy atom. The van der Waals surface area contributed by atoms with Crippen molar-refractivity contribution in [2.45, 2.75) is 50.2 Å². The van der Waals surface area contributed by atoms with Crippen LogP contribution in [-0.2, 0) is 14.9 Å². The molecule has 2 aromatic rings. The second-order valence-corrected chi connectivity index (χ2v) is 9.19. The standard InChI is InChI=1S/C24H27NO6/c1-23(2,28)13-24(17-10-20-21(11-19(17)26)31-14-30-20)16-7-3-4-8-18(16)25(22(24)27)12-15-6-5-9-29-15/h3-4,7-8,10-11,15,26,28H,5-6,9,12-14H2,1-2H3. The Balaban J connectivity index is 1.70. The Morgan fingerprint density at radius 2 is 1.90 bits per heavy atom. The van der Waals surface area contributed by atoms with Crippen LogP contribution in [0.4, 0.5) is 5.69 Å². The highest BCUT2D eigenvalue weighted by molar-refractivity contribution is 6.11. The molecule has 3 aliphatic heterocycles. The van der Waals surface area contributed by atoms with Gasteiger partial charge in [-0.1, -0.05) is 18.2 Å². The van der Waals surface area contributed by atoms with Crippen LogP contribution in [0.1, 0.15) is 44.2 Å². The Morgan fingerprint density at radius 1 is 1.16 bits per heavy atom. The maximum atomic E-state index is 14.2. The van der Waals surface area contributed by atoms with Crippen LogP contribution in [0.25, 0.3) is 0 Å². The predicted molar refractivity (Wildman–Crippen MR) is 114 cm³/mol. The lowest BCUT2D eigenvalue weighted by molar-refractivity contribution is -0.124. The summed E-state index contributed by atoms with van der Waals surface area (Å²) in [6, 6.07) is 10.8. The Hall–Kier alpha value is -2.77. The normalized spacial score (nSPS) is 24.7. The van der Waals surface area contributed by atoms with Gasteiger partial charge in [-0.05, 0) is 50.8 Å². The molecule has 0 bridgehead atoms. The zero-order valence-electron chi connectivity index (χ0n) is 17.8. The molecule has 2 N–H and O–H groups in total. The van der Waals surface area contributed by atoms with Gasteiger partial charge in [-0.3, -0.25) is 4.79 Å². The van der Waals surface area contributed by atoms with E-state index >= 15 is 0 Å². The Kier molecular flexibility index (Phi) is 4.64. The third-order valence-corrected chi connectivity index (χ3v) is 6.32. The summed E-state index contributed by atoms with van der Waals surface area (Å²) in [5.74, 6) is 0.677. The summed E-state index contributed by atoms with van der Waals surface area (Å²) in [5.41, 5.74) is -0.492. The lowest BCUT2D eigenvalue weighted by Gasteiger charge is -2.35. The highest BCUT2D eigenvalue weighted by Gasteiger charge is 2.55. The fraction of sp³-hybridized carbons (Fsp3) is 0.458. The molecular formula is C24H27NO6. The number of benzene rings is 2. The number of amides is 1. The molecule has 0 spiro atoms. The van der Waals surface area contributed by atoms with Gasteiger partial charge < -0.3 is 29.3 Å². The molecule has 1 fully saturated rings. The summed E-state index contributed by atoms with van der Waals surface area (Å²) in [4.78, 5) is 15.9. The van der Waals surface area contributed by atoms with Gasteiger partial charge in [-0.2, -0.15) is 0 Å². The Labute approximate surface area is 181 Å². The summed E-state index contributed by atoms with van der Waals surface area (Å²) in [5, 5.41) is 21.9. The molecule has 7 nitrogen and oxygen atoms in total. The molecule has 164 valence electrons. The van der Waals surface area contributed by atoms with Crippen molar-refractivity contribution in [3.05, 3.63) is 47.5 Å². The smallest absolute Gasteiger partial charge is 0.242 e. The number of aliphatic hydroxyl groups is 1. The average molecular weight is 425 g/mol. The zero-order chi connectivity index (χ0) is 21.8. The summed E-state index contributed by atoms with van der Waals surface area (Å²) in [6.07, 6.45) is 1.96. The molecule has 0 radical (unpaired) electrons. The number of carbonyl (C=O) groups excluding carboxylic acids is 1. The number of ether oxygens (including phenoxy) is 3. The largest absolute Gasteiger partial charge is 0.507 e. The van der Waals surface area contributed by atoms with Crippen molar-refractivity contribution < 1.29 is 29.2 Å². The van der Waals surface area contributed by atoms with Gasteiger partial charge in [-0.15, -0.1) is 0 Å². The van der Waals surface area contributed by atoms with Crippen LogP contribution in [0.2, 0.25) is 0 Å². The number of hydrogen-bond donors (Lipinski definition) is 2. The fourth-order valence-corrected chi connectivity index (χ4v) is 5.15. The van der Waals surface area contributed by atoms with E-state index in [0.717, 1.165) is 24.1 Å². The number of hydrogen-bond acceptors (Lipinski definition) is 6. The van der Waals surface area contributed by atoms with E-state index in [1.807, 2.05) is 24.3 Å². The summed E-state index contributed by atoms with van der Waals surface area (Å²) >= 11 is 0. The van der Waals surface area contributed by atoms with Gasteiger partial charge in [0.25, 0.3) is 0 Å². The monoisotopic (exact) mass is 425 g/mol. The molecule has 0 aromatic heterocycles. The number of carbonyl (C=O) groups is 1. The number of aromatic hydroxyl groups is 1. The van der Waals surface area contributed by atoms with Crippen LogP contribution in [0.5, 0.6) is 17.2 Å². The highest BCUT2D eigenvalue weighted by Crippen LogP contribution is 2.54. The molecule has 0 aliphatic carbocycles. The first-order valence-corrected chi connectivity index (χ1v) is 10.7. The molecule has 1 saturated heterocycles. The van der Waals surface area contributed by atoms with Crippen molar-refractivity contribution in [3.8, 4) is 17.2 Å². The van der Waals surface area contributed by atoms with Crippen molar-refractivity contribution in [1.82, 2.24) is 0 Å². The van der Waals surface area contributed by atoms with E-state index in [9.17, 15) is 15.0 Å². The van der Waals surface area contributed by atoms with Gasteiger partial charge in [-0.25, -0.2) is 0 Å². The van der Waals surface area contributed by atoms with Gasteiger partial charge in [0.15, 0.2) is 11.5 Å². The zero-order valence-corrected chi connectivity index (χ0v) is 17.8. The predicted octanol–water partition coefficient (Wildman–Crippen LogP) is 3.09. The van der Waals surface area contributed by atoms with Crippen LogP contribution >= 0.6 is 0 Å². The summed E-state index contributed by atoms with van der Waals surface area (Å²) in [7, 11) is 0. The molecular weight excluding hydrogens is 398 g/mol. The molecule has 2 aromatic carbocycles. The molecule has 1 amide bonds. The van der Waals surface area contributed by atoms with Gasteiger partial charge in [0.2, 0.25) is 12.7 Å². The number of nitrogens with zero attached hydrogens (tertiary/aromatic N) is 1. The lowest BCUT2D eigenvalue weighted by atomic mass is 9.68. The van der Waals surface area contributed by atoms with Gasteiger partial charge in [0.1, 0.15) is 11.2 Å². The minimum Gasteiger partial charge on any atom is -0.507 e. The van der Waals surface area contributed by atoms with Crippen LogP contribution in [0, 0.1) is 0 Å². The lowest BCUT2D eigenvalue weighted by Crippen LogP contribution is -2.47. The second-order valence-electron chi connectivity index (χ2n) is 9.19. The van der Waals surface area contributed by atoms with Crippen LogP contribution < -0.4 is 14.4 Å². The van der Waals surface area contributed by atoms with E-state index in [2.05, 4.69) is 0 Å². The third-order valence-electron chi connectivity index (χ3n) is 6.32. The first-order valence-electron chi connectivity index (χ1n) is 10.7. The van der Waals surface area contributed by atoms with Crippen molar-refractivity contribution in [2.24, 2.45) is 0 Å². The quantitative estimate of drug-likeness (QED) is 0.765. The molecule has 7 heteroatoms. The minimum absolute atomic E-state index is 0.0275. The molecule has 2 atom stereocenters. The van der Waals surface area contributed by atoms with Crippen molar-refractivity contribution in [2.75, 3.05) is 24.8 Å². The number of fused-ring (bicyclic) bond motifs is 2. The summed E-state index contributed by atoms with van der Waals surface area (Å²) < 4.78 is 16.7. The number of phenolic OH excluding ortho intramolecular Hbond substituents is 1. The number of rotatable bonds is 5. The fourth-order valence-electron chi connectivity index (χ4n) is 5.15. The van der Waals surface area contributed by atoms with Gasteiger partial charge in [0.05, 0.1) is 18.2 Å². The molecule has 2 unspecified atom stereocenters. The maximum Gasteiger partial charge on any atom is 0.242 e. The van der Waals surface area contributed by atoms with E-state index in [1.165, 1.54) is 6.07 Å². The molecule has 3 aliphatic rings. The van der Waals surface area contributed by atoms with Crippen LogP contribution in [0.15, 0.2) is 36.4 Å². The first-order chi connectivity index (χ1) is 14.8. The number of phenols is 1. The SMILES string of the molecule is CC(C)(O)CC1(c2cc3c(cc2O)OCO3)C(=O)N(CC2CCCO2)c2ccccc21. The molecule has 3 heterocycles. The third kappa shape index (κ3) is 3.23. The molecule has 0 saturated carbocycles. The van der Waals surface area contributed by atoms with Crippen molar-refractivity contribution >= 4 is 11.6 Å². The molecule has 5 rings (SSSR count). The minimum atomic E-state index is -1.27. The topological polar surface area (TPSA) is 88.5 Å². The average Bonchev–Trinajstić information content (AvgIpc) is 3.43. The van der Waals surface area contributed by atoms with Gasteiger partial charge >= 0.3 is 0 Å². The van der Waals surface area contributed by atoms with Crippen molar-refractivity contribution in [1.29, 1.82) is 0 Å². The van der Waals surface area contributed by atoms with Crippen LogP contribution in [-0.4, -0.2) is 47.8 Å². The van der Waals surface area contributed by atoms with E-state index in [-0.39, 0.29) is 31.0 Å². The second kappa shape index (κ2) is 7.14. The van der Waals surface area contributed by atoms with E-state index in [0.29, 0.717) is 30.2 Å². The first kappa shape index (κ1) is 20.2. The maximum absolute atomic E-state index is 14.2. The summed E-state index contributed by atoms with van der Waals surface area (Å²) in [6.45, 7) is 4.56. The van der Waals surface area contributed by atoms with E-state index in [4.69, 9.17) is 14.2 Å². The van der Waals surface area contributed by atoms with Crippen molar-refractivity contribution in [3.63, 3.8) is 0 Å². The van der Waals surface area contributed by atoms with E-state index in [1.54, 1.807) is 24.8 Å². The van der Waals surface area contributed by atoms with Crippen LogP contribution in [0.3, 0.4) is 0 Å². The Bertz CT molecular complexity index is 1020. The number of para-hydroxylation sites is 1. The highest BCUT2D eigenvalue weighted by atomic mass is 16.7. The van der Waals surface area contributed by atoms with E-state index < -0.39 is 11.0 Å². The van der Waals surface area contributed by atoms with Gasteiger partial charge in [0, 0.05) is 23.9 Å². The molecule has 31 heavy (non-hydrogen) atoms. The number of anilines is 1.